The van der Waals surface area contributed by atoms with Crippen LogP contribution in [0.4, 0.5) is 0 Å². The van der Waals surface area contributed by atoms with Gasteiger partial charge in [-0.05, 0) is 13.0 Å². The normalized spacial score (nSPS) is 11.1. The summed E-state index contributed by atoms with van der Waals surface area (Å²) in [6.45, 7) is 1.78. The Bertz CT molecular complexity index is 836. The maximum atomic E-state index is 12.1. The molecule has 0 radical (unpaired) electrons. The quantitative estimate of drug-likeness (QED) is 0.716. The molecule has 0 aliphatic carbocycles. The van der Waals surface area contributed by atoms with E-state index in [1.165, 1.54) is 4.52 Å². The number of hydrogen-bond donors (Lipinski definition) is 2. The van der Waals surface area contributed by atoms with E-state index in [1.807, 2.05) is 0 Å². The molecule has 1 aromatic carbocycles. The molecular weight excluding hydrogens is 266 g/mol. The highest BCUT2D eigenvalue weighted by molar-refractivity contribution is 6.33. The maximum absolute atomic E-state index is 12.1. The zero-order chi connectivity index (χ0) is 13.6. The number of halogens is 1. The zero-order valence-corrected chi connectivity index (χ0v) is 10.8. The van der Waals surface area contributed by atoms with Crippen molar-refractivity contribution in [2.24, 2.45) is 0 Å². The molecule has 0 spiro atoms. The van der Waals surface area contributed by atoms with Crippen molar-refractivity contribution >= 4 is 17.2 Å². The van der Waals surface area contributed by atoms with Crippen molar-refractivity contribution in [3.05, 3.63) is 51.4 Å². The monoisotopic (exact) mass is 275 g/mol. The van der Waals surface area contributed by atoms with E-state index >= 15 is 0 Å². The van der Waals surface area contributed by atoms with Gasteiger partial charge in [0.2, 0.25) is 5.88 Å². The van der Waals surface area contributed by atoms with Crippen molar-refractivity contribution in [2.75, 3.05) is 0 Å². The summed E-state index contributed by atoms with van der Waals surface area (Å²) in [7, 11) is 0. The van der Waals surface area contributed by atoms with Crippen LogP contribution in [0.15, 0.2) is 35.1 Å². The van der Waals surface area contributed by atoms with Gasteiger partial charge in [0.25, 0.3) is 5.56 Å². The lowest BCUT2D eigenvalue weighted by Crippen LogP contribution is -2.12. The first-order chi connectivity index (χ1) is 9.08. The third-order valence-corrected chi connectivity index (χ3v) is 3.20. The van der Waals surface area contributed by atoms with E-state index in [4.69, 9.17) is 11.6 Å². The van der Waals surface area contributed by atoms with Gasteiger partial charge < -0.3 is 10.1 Å². The van der Waals surface area contributed by atoms with Gasteiger partial charge in [-0.3, -0.25) is 4.79 Å². The summed E-state index contributed by atoms with van der Waals surface area (Å²) >= 11 is 6.07. The molecule has 0 saturated heterocycles. The number of nitrogens with one attached hydrogen (secondary N) is 1. The van der Waals surface area contributed by atoms with Crippen LogP contribution in [0.5, 0.6) is 5.88 Å². The molecule has 0 bridgehead atoms. The molecule has 5 nitrogen and oxygen atoms in total. The van der Waals surface area contributed by atoms with Crippen LogP contribution in [0.1, 0.15) is 5.69 Å². The van der Waals surface area contributed by atoms with Gasteiger partial charge in [0.05, 0.1) is 5.69 Å². The summed E-state index contributed by atoms with van der Waals surface area (Å²) in [6, 6.07) is 8.52. The van der Waals surface area contributed by atoms with Crippen molar-refractivity contribution < 1.29 is 5.11 Å². The Balaban J connectivity index is 2.42. The summed E-state index contributed by atoms with van der Waals surface area (Å²) in [5.74, 6) is -0.222. The molecule has 0 amide bonds. The molecule has 0 aliphatic heterocycles. The number of aryl methyl sites for hydroxylation is 1. The fraction of sp³-hybridized carbons (Fsp3) is 0.0769. The van der Waals surface area contributed by atoms with Crippen LogP contribution in [0, 0.1) is 6.92 Å². The standard InChI is InChI=1S/C13H10ClN3O2/c1-7-6-10-15-12(18)11(13(19)17(10)16-7)8-4-2-3-5-9(8)14/h2-6,19H,1H3,(H,15,18). The number of rotatable bonds is 1. The Morgan fingerprint density at radius 1 is 1.37 bits per heavy atom. The second-order valence-electron chi connectivity index (χ2n) is 4.22. The molecule has 0 saturated carbocycles. The number of fused-ring (bicyclic) bond motifs is 1. The molecule has 6 heteroatoms. The average molecular weight is 276 g/mol. The number of H-pyrrole nitrogens is 1. The van der Waals surface area contributed by atoms with Crippen LogP contribution in [0.25, 0.3) is 16.8 Å². The third kappa shape index (κ3) is 1.79. The Morgan fingerprint density at radius 2 is 2.11 bits per heavy atom. The summed E-state index contributed by atoms with van der Waals surface area (Å²) in [4.78, 5) is 14.8. The molecule has 2 N–H and O–H groups in total. The van der Waals surface area contributed by atoms with Gasteiger partial charge in [0.1, 0.15) is 11.2 Å². The molecule has 0 atom stereocenters. The fourth-order valence-corrected chi connectivity index (χ4v) is 2.27. The van der Waals surface area contributed by atoms with Gasteiger partial charge in [-0.1, -0.05) is 29.8 Å². The average Bonchev–Trinajstić information content (AvgIpc) is 2.72. The predicted molar refractivity (Wildman–Crippen MR) is 72.7 cm³/mol. The SMILES string of the molecule is Cc1cc2[nH]c(=O)c(-c3ccccc3Cl)c(O)n2n1. The number of nitrogens with zero attached hydrogens (tertiary/aromatic N) is 2. The smallest absolute Gasteiger partial charge is 0.262 e. The largest absolute Gasteiger partial charge is 0.493 e. The summed E-state index contributed by atoms with van der Waals surface area (Å²) in [5.41, 5.74) is 1.32. The minimum Gasteiger partial charge on any atom is -0.493 e. The molecule has 3 aromatic rings. The Hall–Kier alpha value is -2.27. The highest BCUT2D eigenvalue weighted by Crippen LogP contribution is 2.31. The molecule has 3 rings (SSSR count). The lowest BCUT2D eigenvalue weighted by molar-refractivity contribution is 0.436. The lowest BCUT2D eigenvalue weighted by Gasteiger charge is -2.07. The highest BCUT2D eigenvalue weighted by atomic mass is 35.5. The van der Waals surface area contributed by atoms with E-state index in [0.717, 1.165) is 0 Å². The third-order valence-electron chi connectivity index (χ3n) is 2.87. The van der Waals surface area contributed by atoms with Crippen LogP contribution < -0.4 is 5.56 Å². The van der Waals surface area contributed by atoms with E-state index in [9.17, 15) is 9.90 Å². The second kappa shape index (κ2) is 4.13. The first-order valence-electron chi connectivity index (χ1n) is 5.64. The molecule has 2 aromatic heterocycles. The number of aromatic hydroxyl groups is 1. The van der Waals surface area contributed by atoms with Crippen LogP contribution in [-0.4, -0.2) is 19.7 Å². The number of aromatic nitrogens is 3. The van der Waals surface area contributed by atoms with Gasteiger partial charge in [-0.2, -0.15) is 9.61 Å². The van der Waals surface area contributed by atoms with E-state index in [2.05, 4.69) is 10.1 Å². The number of benzene rings is 1. The zero-order valence-electron chi connectivity index (χ0n) is 10.0. The molecule has 0 fully saturated rings. The van der Waals surface area contributed by atoms with Crippen molar-refractivity contribution in [1.29, 1.82) is 0 Å². The minimum atomic E-state index is -0.405. The molecular formula is C13H10ClN3O2. The Kier molecular flexibility index (Phi) is 2.57. The second-order valence-corrected chi connectivity index (χ2v) is 4.62. The predicted octanol–water partition coefficient (Wildman–Crippen LogP) is 2.36. The van der Waals surface area contributed by atoms with Crippen LogP contribution in [-0.2, 0) is 0 Å². The molecule has 96 valence electrons. The number of hydrogen-bond acceptors (Lipinski definition) is 3. The minimum absolute atomic E-state index is 0.112. The Labute approximate surface area is 113 Å². The van der Waals surface area contributed by atoms with E-state index in [1.54, 1.807) is 37.3 Å². The van der Waals surface area contributed by atoms with Crippen LogP contribution in [0.3, 0.4) is 0 Å². The molecule has 19 heavy (non-hydrogen) atoms. The van der Waals surface area contributed by atoms with E-state index in [0.29, 0.717) is 21.9 Å². The van der Waals surface area contributed by atoms with E-state index < -0.39 is 5.56 Å². The van der Waals surface area contributed by atoms with E-state index in [-0.39, 0.29) is 11.4 Å². The topological polar surface area (TPSA) is 70.4 Å². The highest BCUT2D eigenvalue weighted by Gasteiger charge is 2.17. The maximum Gasteiger partial charge on any atom is 0.262 e. The summed E-state index contributed by atoms with van der Waals surface area (Å²) < 4.78 is 1.29. The van der Waals surface area contributed by atoms with Gasteiger partial charge >= 0.3 is 0 Å². The fourth-order valence-electron chi connectivity index (χ4n) is 2.04. The van der Waals surface area contributed by atoms with Gasteiger partial charge in [-0.15, -0.1) is 0 Å². The van der Waals surface area contributed by atoms with Crippen LogP contribution >= 0.6 is 11.6 Å². The first-order valence-corrected chi connectivity index (χ1v) is 6.02. The molecule has 2 heterocycles. The van der Waals surface area contributed by atoms with Crippen LogP contribution in [0.2, 0.25) is 5.02 Å². The van der Waals surface area contributed by atoms with Gasteiger partial charge in [-0.25, -0.2) is 0 Å². The first kappa shape index (κ1) is 11.8. The lowest BCUT2D eigenvalue weighted by atomic mass is 10.1. The van der Waals surface area contributed by atoms with Crippen molar-refractivity contribution in [1.82, 2.24) is 14.6 Å². The van der Waals surface area contributed by atoms with Gasteiger partial charge in [0, 0.05) is 16.7 Å². The Morgan fingerprint density at radius 3 is 2.84 bits per heavy atom. The molecule has 0 unspecified atom stereocenters. The van der Waals surface area contributed by atoms with Crippen molar-refractivity contribution in [2.45, 2.75) is 6.92 Å². The summed E-state index contributed by atoms with van der Waals surface area (Å²) in [5, 5.41) is 14.8. The van der Waals surface area contributed by atoms with Crippen molar-refractivity contribution in [3.63, 3.8) is 0 Å². The summed E-state index contributed by atoms with van der Waals surface area (Å²) in [6.07, 6.45) is 0. The van der Waals surface area contributed by atoms with Crippen molar-refractivity contribution in [3.8, 4) is 17.0 Å². The number of aromatic amines is 1. The molecule has 0 aliphatic rings. The van der Waals surface area contributed by atoms with Gasteiger partial charge in [0.15, 0.2) is 0 Å².